The van der Waals surface area contributed by atoms with Gasteiger partial charge in [0.2, 0.25) is 10.0 Å². The molecule has 0 saturated carbocycles. The van der Waals surface area contributed by atoms with Crippen molar-refractivity contribution < 1.29 is 12.8 Å². The van der Waals surface area contributed by atoms with Crippen molar-refractivity contribution in [3.05, 3.63) is 41.3 Å². The molecule has 8 heteroatoms. The van der Waals surface area contributed by atoms with E-state index in [9.17, 15) is 12.8 Å². The second kappa shape index (κ2) is 4.80. The highest BCUT2D eigenvalue weighted by Gasteiger charge is 2.24. The Bertz CT molecular complexity index is 758. The number of rotatable bonds is 3. The lowest BCUT2D eigenvalue weighted by Crippen LogP contribution is -2.10. The van der Waals surface area contributed by atoms with Gasteiger partial charge in [-0.2, -0.15) is 0 Å². The minimum absolute atomic E-state index is 0.0115. The van der Waals surface area contributed by atoms with Crippen LogP contribution >= 0.6 is 11.3 Å². The summed E-state index contributed by atoms with van der Waals surface area (Å²) in [5.41, 5.74) is 2.00. The van der Waals surface area contributed by atoms with Crippen molar-refractivity contribution >= 4 is 26.5 Å². The van der Waals surface area contributed by atoms with E-state index in [2.05, 4.69) is 10.3 Å². The molecule has 1 aromatic heterocycles. The van der Waals surface area contributed by atoms with Gasteiger partial charge in [0.05, 0.1) is 12.2 Å². The normalized spacial score (nSPS) is 18.0. The van der Waals surface area contributed by atoms with E-state index in [1.165, 1.54) is 18.3 Å². The Kier molecular flexibility index (Phi) is 3.23. The van der Waals surface area contributed by atoms with E-state index in [-0.39, 0.29) is 16.1 Å². The molecule has 0 radical (unpaired) electrons. The zero-order valence-electron chi connectivity index (χ0n) is 10.3. The fourth-order valence-electron chi connectivity index (χ4n) is 2.33. The third-order valence-corrected chi connectivity index (χ3v) is 5.58. The number of anilines is 1. The molecule has 3 N–H and O–H groups in total. The van der Waals surface area contributed by atoms with Crippen LogP contribution in [0.2, 0.25) is 0 Å². The maximum absolute atomic E-state index is 13.3. The van der Waals surface area contributed by atoms with Gasteiger partial charge in [0.25, 0.3) is 0 Å². The Labute approximate surface area is 119 Å². The zero-order valence-corrected chi connectivity index (χ0v) is 12.0. The first kappa shape index (κ1) is 13.5. The molecule has 1 atom stereocenters. The summed E-state index contributed by atoms with van der Waals surface area (Å²) in [4.78, 5) is 4.00. The van der Waals surface area contributed by atoms with Crippen LogP contribution in [0.3, 0.4) is 0 Å². The van der Waals surface area contributed by atoms with Gasteiger partial charge < -0.3 is 5.32 Å². The molecular weight excluding hydrogens is 301 g/mol. The summed E-state index contributed by atoms with van der Waals surface area (Å²) in [5.74, 6) is -0.276. The van der Waals surface area contributed by atoms with Crippen molar-refractivity contribution in [1.29, 1.82) is 0 Å². The summed E-state index contributed by atoms with van der Waals surface area (Å²) in [5, 5.41) is 8.65. The van der Waals surface area contributed by atoms with E-state index < -0.39 is 10.0 Å². The van der Waals surface area contributed by atoms with Gasteiger partial charge in [-0.25, -0.2) is 22.9 Å². The number of sulfonamides is 1. The third-order valence-electron chi connectivity index (χ3n) is 3.25. The Morgan fingerprint density at radius 2 is 2.25 bits per heavy atom. The van der Waals surface area contributed by atoms with Crippen LogP contribution in [0, 0.1) is 5.82 Å². The van der Waals surface area contributed by atoms with Crippen molar-refractivity contribution in [2.24, 2.45) is 5.14 Å². The first-order chi connectivity index (χ1) is 9.43. The van der Waals surface area contributed by atoms with E-state index in [0.29, 0.717) is 5.13 Å². The molecule has 0 bridgehead atoms. The molecule has 1 aliphatic rings. The number of hydrogen-bond acceptors (Lipinski definition) is 5. The lowest BCUT2D eigenvalue weighted by molar-refractivity contribution is 0.599. The predicted octanol–water partition coefficient (Wildman–Crippen LogP) is 2.03. The monoisotopic (exact) mass is 313 g/mol. The van der Waals surface area contributed by atoms with Crippen LogP contribution in [0.5, 0.6) is 0 Å². The first-order valence-electron chi connectivity index (χ1n) is 5.97. The first-order valence-corrected chi connectivity index (χ1v) is 8.33. The quantitative estimate of drug-likeness (QED) is 0.908. The van der Waals surface area contributed by atoms with E-state index in [0.717, 1.165) is 35.3 Å². The highest BCUT2D eigenvalue weighted by Crippen LogP contribution is 2.35. The summed E-state index contributed by atoms with van der Waals surface area (Å²) in [6.07, 6.45) is 2.91. The maximum Gasteiger partial charge on any atom is 0.249 e. The molecule has 0 aliphatic heterocycles. The van der Waals surface area contributed by atoms with Crippen LogP contribution in [0.1, 0.15) is 23.6 Å². The van der Waals surface area contributed by atoms with Crippen molar-refractivity contribution in [1.82, 2.24) is 4.98 Å². The predicted molar refractivity (Wildman–Crippen MR) is 74.6 cm³/mol. The second-order valence-corrected chi connectivity index (χ2v) is 7.43. The van der Waals surface area contributed by atoms with Crippen molar-refractivity contribution in [2.45, 2.75) is 23.1 Å². The van der Waals surface area contributed by atoms with Crippen LogP contribution in [-0.2, 0) is 16.4 Å². The molecule has 1 aliphatic carbocycles. The summed E-state index contributed by atoms with van der Waals surface area (Å²) < 4.78 is 35.7. The fraction of sp³-hybridized carbons (Fsp3) is 0.250. The molecule has 106 valence electrons. The lowest BCUT2D eigenvalue weighted by atomic mass is 10.1. The van der Waals surface area contributed by atoms with E-state index >= 15 is 0 Å². The average molecular weight is 313 g/mol. The molecule has 3 rings (SSSR count). The second-order valence-electron chi connectivity index (χ2n) is 4.61. The maximum atomic E-state index is 13.3. The minimum Gasteiger partial charge on any atom is -0.355 e. The van der Waals surface area contributed by atoms with Gasteiger partial charge in [-0.3, -0.25) is 0 Å². The van der Waals surface area contributed by atoms with Crippen molar-refractivity contribution in [3.63, 3.8) is 0 Å². The molecule has 0 fully saturated rings. The number of nitrogens with two attached hydrogens (primary N) is 1. The molecule has 1 heterocycles. The molecule has 2 aromatic rings. The Morgan fingerprint density at radius 3 is 2.95 bits per heavy atom. The number of benzene rings is 1. The van der Waals surface area contributed by atoms with Crippen molar-refractivity contribution in [2.75, 3.05) is 5.32 Å². The molecule has 20 heavy (non-hydrogen) atoms. The Morgan fingerprint density at radius 1 is 1.45 bits per heavy atom. The van der Waals surface area contributed by atoms with Gasteiger partial charge >= 0.3 is 0 Å². The summed E-state index contributed by atoms with van der Waals surface area (Å²) in [6.45, 7) is 0. The van der Waals surface area contributed by atoms with Gasteiger partial charge in [0.15, 0.2) is 9.34 Å². The number of primary sulfonamides is 1. The Balaban J connectivity index is 1.84. The van der Waals surface area contributed by atoms with Crippen LogP contribution in [0.15, 0.2) is 28.6 Å². The fourth-order valence-corrected chi connectivity index (χ4v) is 3.83. The SMILES string of the molecule is NS(=O)(=O)c1cnc(N[C@H]2CCc3ccc(F)cc32)s1. The van der Waals surface area contributed by atoms with E-state index in [4.69, 9.17) is 5.14 Å². The number of fused-ring (bicyclic) bond motifs is 1. The Hall–Kier alpha value is -1.51. The van der Waals surface area contributed by atoms with Crippen molar-refractivity contribution in [3.8, 4) is 0 Å². The highest BCUT2D eigenvalue weighted by atomic mass is 32.2. The van der Waals surface area contributed by atoms with Crippen LogP contribution in [0.25, 0.3) is 0 Å². The molecule has 1 aromatic carbocycles. The number of halogens is 1. The number of aromatic nitrogens is 1. The average Bonchev–Trinajstić information content (AvgIpc) is 2.97. The molecular formula is C12H12FN3O2S2. The van der Waals surface area contributed by atoms with Gasteiger partial charge in [-0.05, 0) is 36.1 Å². The molecule has 0 spiro atoms. The third kappa shape index (κ3) is 2.54. The van der Waals surface area contributed by atoms with Gasteiger partial charge in [-0.15, -0.1) is 0 Å². The van der Waals surface area contributed by atoms with Gasteiger partial charge in [0.1, 0.15) is 5.82 Å². The van der Waals surface area contributed by atoms with Gasteiger partial charge in [0, 0.05) is 0 Å². The smallest absolute Gasteiger partial charge is 0.249 e. The summed E-state index contributed by atoms with van der Waals surface area (Å²) >= 11 is 0.977. The topological polar surface area (TPSA) is 85.1 Å². The number of nitrogens with one attached hydrogen (secondary N) is 1. The van der Waals surface area contributed by atoms with Crippen LogP contribution in [-0.4, -0.2) is 13.4 Å². The zero-order chi connectivity index (χ0) is 14.3. The number of hydrogen-bond donors (Lipinski definition) is 2. The van der Waals surface area contributed by atoms with Crippen LogP contribution < -0.4 is 10.5 Å². The molecule has 5 nitrogen and oxygen atoms in total. The van der Waals surface area contributed by atoms with Crippen LogP contribution in [0.4, 0.5) is 9.52 Å². The van der Waals surface area contributed by atoms with E-state index in [1.54, 1.807) is 6.07 Å². The summed E-state index contributed by atoms with van der Waals surface area (Å²) in [7, 11) is -3.73. The number of nitrogens with zero attached hydrogens (tertiary/aromatic N) is 1. The highest BCUT2D eigenvalue weighted by molar-refractivity contribution is 7.91. The minimum atomic E-state index is -3.73. The number of aryl methyl sites for hydroxylation is 1. The number of thiazole rings is 1. The standard InChI is InChI=1S/C12H12FN3O2S2/c13-8-3-1-7-2-4-10(9(7)5-8)16-12-15-6-11(19-12)20(14,17)18/h1,3,5-6,10H,2,4H2,(H,15,16)(H2,14,17,18)/t10-/m0/s1. The molecule has 0 unspecified atom stereocenters. The molecule has 0 saturated heterocycles. The van der Waals surface area contributed by atoms with E-state index in [1.807, 2.05) is 0 Å². The lowest BCUT2D eigenvalue weighted by Gasteiger charge is -2.12. The van der Waals surface area contributed by atoms with Gasteiger partial charge in [-0.1, -0.05) is 17.4 Å². The summed E-state index contributed by atoms with van der Waals surface area (Å²) in [6, 6.07) is 4.68. The molecule has 0 amide bonds. The largest absolute Gasteiger partial charge is 0.355 e.